The van der Waals surface area contributed by atoms with Gasteiger partial charge in [0, 0.05) is 18.8 Å². The van der Waals surface area contributed by atoms with Gasteiger partial charge in [-0.3, -0.25) is 9.69 Å². The Kier molecular flexibility index (Phi) is 6.15. The third kappa shape index (κ3) is 4.42. The molecule has 2 heterocycles. The van der Waals surface area contributed by atoms with Crippen LogP contribution in [0.5, 0.6) is 0 Å². The molecule has 1 fully saturated rings. The molecule has 1 amide bonds. The van der Waals surface area contributed by atoms with Gasteiger partial charge in [0.15, 0.2) is 0 Å². The van der Waals surface area contributed by atoms with Crippen LogP contribution in [0.15, 0.2) is 24.3 Å². The van der Waals surface area contributed by atoms with Crippen molar-refractivity contribution < 1.29 is 9.18 Å². The molecule has 0 saturated carbocycles. The molecule has 2 aromatic rings. The van der Waals surface area contributed by atoms with Crippen molar-refractivity contribution in [2.24, 2.45) is 5.92 Å². The van der Waals surface area contributed by atoms with E-state index in [9.17, 15) is 14.4 Å². The van der Waals surface area contributed by atoms with Crippen LogP contribution in [0, 0.1) is 36.9 Å². The third-order valence-corrected chi connectivity index (χ3v) is 5.56. The van der Waals surface area contributed by atoms with Crippen molar-refractivity contribution >= 4 is 11.7 Å². The van der Waals surface area contributed by atoms with Gasteiger partial charge in [0.2, 0.25) is 5.91 Å². The molecule has 1 atom stereocenters. The number of rotatable bonds is 5. The van der Waals surface area contributed by atoms with E-state index in [1.165, 1.54) is 18.6 Å². The highest BCUT2D eigenvalue weighted by Crippen LogP contribution is 2.27. The molecule has 0 radical (unpaired) electrons. The van der Waals surface area contributed by atoms with Crippen molar-refractivity contribution in [3.63, 3.8) is 0 Å². The highest BCUT2D eigenvalue weighted by Gasteiger charge is 2.22. The summed E-state index contributed by atoms with van der Waals surface area (Å²) in [5.41, 5.74) is 3.17. The number of aromatic nitrogens is 1. The molecule has 1 saturated heterocycles. The first-order chi connectivity index (χ1) is 13.4. The summed E-state index contributed by atoms with van der Waals surface area (Å²) < 4.78 is 15.1. The molecule has 6 heteroatoms. The molecule has 1 aromatic heterocycles. The first-order valence-electron chi connectivity index (χ1n) is 9.75. The normalized spacial score (nSPS) is 17.3. The summed E-state index contributed by atoms with van der Waals surface area (Å²) in [6.45, 7) is 8.67. The number of nitrogens with one attached hydrogen (secondary N) is 1. The zero-order valence-corrected chi connectivity index (χ0v) is 16.8. The van der Waals surface area contributed by atoms with Crippen LogP contribution in [0.25, 0.3) is 0 Å². The molecule has 28 heavy (non-hydrogen) atoms. The second kappa shape index (κ2) is 8.57. The fourth-order valence-corrected chi connectivity index (χ4v) is 3.91. The van der Waals surface area contributed by atoms with Crippen LogP contribution in [0.2, 0.25) is 0 Å². The molecule has 0 aliphatic carbocycles. The molecule has 0 spiro atoms. The summed E-state index contributed by atoms with van der Waals surface area (Å²) in [6.07, 6.45) is 2.31. The van der Waals surface area contributed by atoms with Crippen molar-refractivity contribution in [2.45, 2.75) is 40.2 Å². The van der Waals surface area contributed by atoms with Crippen LogP contribution < -0.4 is 5.32 Å². The first-order valence-corrected chi connectivity index (χ1v) is 9.75. The van der Waals surface area contributed by atoms with Crippen LogP contribution >= 0.6 is 0 Å². The third-order valence-electron chi connectivity index (χ3n) is 5.56. The maximum absolute atomic E-state index is 13.2. The van der Waals surface area contributed by atoms with Crippen molar-refractivity contribution in [2.75, 3.05) is 25.0 Å². The summed E-state index contributed by atoms with van der Waals surface area (Å²) in [5, 5.41) is 12.6. The summed E-state index contributed by atoms with van der Waals surface area (Å²) in [6, 6.07) is 8.50. The zero-order valence-electron chi connectivity index (χ0n) is 16.8. The second-order valence-electron chi connectivity index (χ2n) is 7.79. The summed E-state index contributed by atoms with van der Waals surface area (Å²) >= 11 is 0. The average Bonchev–Trinajstić information content (AvgIpc) is 2.87. The monoisotopic (exact) mass is 382 g/mol. The van der Waals surface area contributed by atoms with E-state index in [1.807, 2.05) is 18.4 Å². The van der Waals surface area contributed by atoms with E-state index in [-0.39, 0.29) is 11.7 Å². The van der Waals surface area contributed by atoms with E-state index in [0.29, 0.717) is 30.4 Å². The van der Waals surface area contributed by atoms with Crippen LogP contribution in [0.1, 0.15) is 42.1 Å². The quantitative estimate of drug-likeness (QED) is 0.855. The average molecular weight is 382 g/mol. The van der Waals surface area contributed by atoms with E-state index in [2.05, 4.69) is 23.2 Å². The van der Waals surface area contributed by atoms with E-state index in [0.717, 1.165) is 36.3 Å². The standard InChI is InChI=1S/C22H27FN4O/c1-15-5-4-10-26(12-15)14-21(28)25-22-20(11-24)16(2)17(3)27(22)13-18-6-8-19(23)9-7-18/h6-9,15H,4-5,10,12-14H2,1-3H3,(H,25,28)/t15-/m1/s1. The molecule has 1 aliphatic rings. The predicted octanol–water partition coefficient (Wildman–Crippen LogP) is 3.83. The van der Waals surface area contributed by atoms with Crippen molar-refractivity contribution in [3.8, 4) is 6.07 Å². The van der Waals surface area contributed by atoms with E-state index >= 15 is 0 Å². The largest absolute Gasteiger partial charge is 0.326 e. The van der Waals surface area contributed by atoms with Gasteiger partial charge in [0.1, 0.15) is 17.7 Å². The Morgan fingerprint density at radius 2 is 2.04 bits per heavy atom. The van der Waals surface area contributed by atoms with Gasteiger partial charge in [-0.2, -0.15) is 5.26 Å². The fraction of sp³-hybridized carbons (Fsp3) is 0.455. The fourth-order valence-electron chi connectivity index (χ4n) is 3.91. The molecule has 5 nitrogen and oxygen atoms in total. The Morgan fingerprint density at radius 1 is 1.32 bits per heavy atom. The van der Waals surface area contributed by atoms with Crippen LogP contribution in [0.3, 0.4) is 0 Å². The number of anilines is 1. The molecule has 1 aliphatic heterocycles. The van der Waals surface area contributed by atoms with Crippen molar-refractivity contribution in [1.29, 1.82) is 5.26 Å². The molecule has 1 N–H and O–H groups in total. The van der Waals surface area contributed by atoms with Gasteiger partial charge >= 0.3 is 0 Å². The number of likely N-dealkylation sites (tertiary alicyclic amines) is 1. The van der Waals surface area contributed by atoms with E-state index in [1.54, 1.807) is 12.1 Å². The number of hydrogen-bond acceptors (Lipinski definition) is 3. The number of carbonyl (C=O) groups is 1. The number of hydrogen-bond donors (Lipinski definition) is 1. The zero-order chi connectivity index (χ0) is 20.3. The molecular formula is C22H27FN4O. The number of nitriles is 1. The predicted molar refractivity (Wildman–Crippen MR) is 108 cm³/mol. The lowest BCUT2D eigenvalue weighted by Gasteiger charge is -2.30. The number of amides is 1. The van der Waals surface area contributed by atoms with Gasteiger partial charge in [-0.15, -0.1) is 0 Å². The van der Waals surface area contributed by atoms with Crippen LogP contribution in [0.4, 0.5) is 10.2 Å². The minimum absolute atomic E-state index is 0.108. The maximum atomic E-state index is 13.2. The molecule has 0 unspecified atom stereocenters. The first kappa shape index (κ1) is 20.1. The van der Waals surface area contributed by atoms with Gasteiger partial charge in [0.25, 0.3) is 0 Å². The lowest BCUT2D eigenvalue weighted by molar-refractivity contribution is -0.117. The van der Waals surface area contributed by atoms with Gasteiger partial charge in [-0.25, -0.2) is 4.39 Å². The highest BCUT2D eigenvalue weighted by atomic mass is 19.1. The SMILES string of the molecule is Cc1c(C#N)c(NC(=O)CN2CCC[C@@H](C)C2)n(Cc2ccc(F)cc2)c1C. The van der Waals surface area contributed by atoms with Crippen LogP contribution in [-0.4, -0.2) is 35.0 Å². The molecule has 0 bridgehead atoms. The number of halogens is 1. The second-order valence-corrected chi connectivity index (χ2v) is 7.79. The smallest absolute Gasteiger partial charge is 0.239 e. The topological polar surface area (TPSA) is 61.1 Å². The van der Waals surface area contributed by atoms with Gasteiger partial charge < -0.3 is 9.88 Å². The molecular weight excluding hydrogens is 355 g/mol. The molecule has 148 valence electrons. The van der Waals surface area contributed by atoms with Crippen molar-refractivity contribution in [1.82, 2.24) is 9.47 Å². The maximum Gasteiger partial charge on any atom is 0.239 e. The number of carbonyl (C=O) groups excluding carboxylic acids is 1. The minimum Gasteiger partial charge on any atom is -0.326 e. The van der Waals surface area contributed by atoms with Crippen molar-refractivity contribution in [3.05, 3.63) is 52.5 Å². The van der Waals surface area contributed by atoms with Gasteiger partial charge in [-0.05, 0) is 62.4 Å². The summed E-state index contributed by atoms with van der Waals surface area (Å²) in [7, 11) is 0. The van der Waals surface area contributed by atoms with E-state index in [4.69, 9.17) is 0 Å². The minimum atomic E-state index is -0.286. The van der Waals surface area contributed by atoms with Gasteiger partial charge in [0.05, 0.1) is 12.1 Å². The highest BCUT2D eigenvalue weighted by molar-refractivity contribution is 5.93. The Hall–Kier alpha value is -2.65. The number of piperidine rings is 1. The Bertz CT molecular complexity index is 895. The van der Waals surface area contributed by atoms with E-state index < -0.39 is 0 Å². The Labute approximate surface area is 165 Å². The summed E-state index contributed by atoms with van der Waals surface area (Å²) in [4.78, 5) is 14.9. The molecule has 3 rings (SSSR count). The van der Waals surface area contributed by atoms with Gasteiger partial charge in [-0.1, -0.05) is 19.1 Å². The Balaban J connectivity index is 1.82. The number of benzene rings is 1. The van der Waals surface area contributed by atoms with Crippen LogP contribution in [-0.2, 0) is 11.3 Å². The lowest BCUT2D eigenvalue weighted by Crippen LogP contribution is -2.40. The Morgan fingerprint density at radius 3 is 2.68 bits per heavy atom. The summed E-state index contributed by atoms with van der Waals surface area (Å²) in [5.74, 6) is 0.731. The number of nitrogens with zero attached hydrogens (tertiary/aromatic N) is 3. The lowest BCUT2D eigenvalue weighted by atomic mass is 10.0. The molecule has 1 aromatic carbocycles.